The van der Waals surface area contributed by atoms with E-state index < -0.39 is 0 Å². The largest absolute Gasteiger partial charge is 0.496 e. The number of aromatic nitrogens is 3. The Hall–Kier alpha value is -4.19. The number of aryl methyl sites for hydroxylation is 2. The number of nitrogens with two attached hydrogens (primary N) is 1. The second-order valence-corrected chi connectivity index (χ2v) is 12.5. The number of pyridine rings is 1. The number of ether oxygens (including phenoxy) is 2. The highest BCUT2D eigenvalue weighted by molar-refractivity contribution is 5.92. The van der Waals surface area contributed by atoms with Crippen molar-refractivity contribution in [3.8, 4) is 16.9 Å². The van der Waals surface area contributed by atoms with Crippen molar-refractivity contribution in [2.45, 2.75) is 77.8 Å². The smallest absolute Gasteiger partial charge is 0.315 e. The first-order valence-corrected chi connectivity index (χ1v) is 16.9. The van der Waals surface area contributed by atoms with Crippen LogP contribution >= 0.6 is 0 Å². The van der Waals surface area contributed by atoms with Gasteiger partial charge in [-0.05, 0) is 67.5 Å². The molecule has 0 radical (unpaired) electrons. The Morgan fingerprint density at radius 3 is 2.64 bits per heavy atom. The maximum absolute atomic E-state index is 13.2. The second kappa shape index (κ2) is 15.1. The summed E-state index contributed by atoms with van der Waals surface area (Å²) < 4.78 is 13.3. The van der Waals surface area contributed by atoms with E-state index in [1.807, 2.05) is 23.0 Å². The van der Waals surface area contributed by atoms with Gasteiger partial charge in [-0.3, -0.25) is 4.90 Å². The van der Waals surface area contributed by atoms with E-state index in [0.717, 1.165) is 115 Å². The van der Waals surface area contributed by atoms with Crippen LogP contribution in [0.5, 0.6) is 5.75 Å². The van der Waals surface area contributed by atoms with Gasteiger partial charge in [0.1, 0.15) is 5.75 Å². The topological polar surface area (TPSA) is 132 Å². The highest BCUT2D eigenvalue weighted by Crippen LogP contribution is 2.33. The number of methoxy groups -OCH3 is 1. The lowest BCUT2D eigenvalue weighted by Gasteiger charge is -2.26. The summed E-state index contributed by atoms with van der Waals surface area (Å²) in [7, 11) is 1.69. The fraction of sp³-hybridized carbons (Fsp3) is 0.472. The van der Waals surface area contributed by atoms with E-state index in [0.29, 0.717) is 19.1 Å². The summed E-state index contributed by atoms with van der Waals surface area (Å²) in [5, 5.41) is 15.5. The standard InChI is InChI=1S/C36H48N8O3/c1-4-32-30(34(41-28-12-15-47-16-13-28)31-21-40-44(5-2)35(31)42-32)20-39-36(45)38-19-24-9-10-33(46-3)29(18-24)26-8-6-7-25(17-26)22-43-14-11-27(37)23-43/h6-10,17-18,21,27-28H,4-5,11-16,19-20,22-23,37H2,1-3H3,(H,41,42)(H2,38,39,45)/t27-/m0/s1. The molecule has 47 heavy (non-hydrogen) atoms. The molecule has 11 heteroatoms. The molecular formula is C36H48N8O3. The third-order valence-electron chi connectivity index (χ3n) is 9.27. The molecule has 1 atom stereocenters. The first-order valence-electron chi connectivity index (χ1n) is 16.9. The summed E-state index contributed by atoms with van der Waals surface area (Å²) in [5.74, 6) is 0.796. The maximum atomic E-state index is 13.2. The van der Waals surface area contributed by atoms with Crippen LogP contribution in [0.15, 0.2) is 48.7 Å². The van der Waals surface area contributed by atoms with Crippen LogP contribution in [-0.2, 0) is 37.3 Å². The van der Waals surface area contributed by atoms with E-state index in [9.17, 15) is 4.79 Å². The molecule has 2 fully saturated rings. The molecule has 0 unspecified atom stereocenters. The van der Waals surface area contributed by atoms with Crippen LogP contribution in [0.25, 0.3) is 22.2 Å². The number of carbonyl (C=O) groups is 1. The van der Waals surface area contributed by atoms with E-state index >= 15 is 0 Å². The van der Waals surface area contributed by atoms with Crippen molar-refractivity contribution in [2.75, 3.05) is 38.7 Å². The van der Waals surface area contributed by atoms with Crippen molar-refractivity contribution in [2.24, 2.45) is 5.73 Å². The predicted molar refractivity (Wildman–Crippen MR) is 185 cm³/mol. The molecule has 0 aliphatic carbocycles. The van der Waals surface area contributed by atoms with Gasteiger partial charge in [-0.1, -0.05) is 31.2 Å². The molecule has 2 aliphatic rings. The van der Waals surface area contributed by atoms with Crippen LogP contribution in [-0.4, -0.2) is 71.2 Å². The molecule has 4 aromatic rings. The highest BCUT2D eigenvalue weighted by Gasteiger charge is 2.22. The molecule has 5 N–H and O–H groups in total. The molecule has 2 amide bonds. The fourth-order valence-corrected chi connectivity index (χ4v) is 6.71. The molecule has 250 valence electrons. The molecule has 2 saturated heterocycles. The number of hydrogen-bond acceptors (Lipinski definition) is 8. The highest BCUT2D eigenvalue weighted by atomic mass is 16.5. The number of rotatable bonds is 12. The minimum atomic E-state index is -0.239. The van der Waals surface area contributed by atoms with Crippen LogP contribution in [0.4, 0.5) is 10.5 Å². The van der Waals surface area contributed by atoms with Crippen LogP contribution in [0.1, 0.15) is 55.5 Å². The first-order chi connectivity index (χ1) is 22.9. The molecule has 0 bridgehead atoms. The lowest BCUT2D eigenvalue weighted by molar-refractivity contribution is 0.0904. The molecule has 2 aromatic heterocycles. The average molecular weight is 641 g/mol. The number of fused-ring (bicyclic) bond motifs is 1. The number of nitrogens with one attached hydrogen (secondary N) is 3. The van der Waals surface area contributed by atoms with Gasteiger partial charge >= 0.3 is 6.03 Å². The lowest BCUT2D eigenvalue weighted by Crippen LogP contribution is -2.35. The fourth-order valence-electron chi connectivity index (χ4n) is 6.71. The van der Waals surface area contributed by atoms with Crippen LogP contribution in [0.3, 0.4) is 0 Å². The number of benzene rings is 2. The molecule has 0 saturated carbocycles. The van der Waals surface area contributed by atoms with Gasteiger partial charge in [0.25, 0.3) is 0 Å². The Labute approximate surface area is 277 Å². The number of amides is 2. The van der Waals surface area contributed by atoms with Crippen molar-refractivity contribution in [1.82, 2.24) is 30.3 Å². The molecular weight excluding hydrogens is 592 g/mol. The quantitative estimate of drug-likeness (QED) is 0.174. The van der Waals surface area contributed by atoms with Crippen molar-refractivity contribution in [3.05, 3.63) is 71.0 Å². The SMILES string of the molecule is CCc1nc2c(cnn2CC)c(NC2CCOCC2)c1CNC(=O)NCc1ccc(OC)c(-c2cccc(CN3CC[C@H](N)C3)c2)c1. The Balaban J connectivity index is 1.15. The minimum absolute atomic E-state index is 0.239. The Kier molecular flexibility index (Phi) is 10.5. The van der Waals surface area contributed by atoms with Gasteiger partial charge in [-0.15, -0.1) is 0 Å². The van der Waals surface area contributed by atoms with E-state index in [1.165, 1.54) is 5.56 Å². The summed E-state index contributed by atoms with van der Waals surface area (Å²) in [6, 6.07) is 14.9. The predicted octanol–water partition coefficient (Wildman–Crippen LogP) is 4.81. The second-order valence-electron chi connectivity index (χ2n) is 12.5. The summed E-state index contributed by atoms with van der Waals surface area (Å²) in [4.78, 5) is 20.6. The Bertz CT molecular complexity index is 1680. The van der Waals surface area contributed by atoms with Crippen LogP contribution < -0.4 is 26.4 Å². The zero-order valence-electron chi connectivity index (χ0n) is 27.8. The van der Waals surface area contributed by atoms with Crippen molar-refractivity contribution in [3.63, 3.8) is 0 Å². The van der Waals surface area contributed by atoms with Gasteiger partial charge < -0.3 is 31.2 Å². The number of nitrogens with zero attached hydrogens (tertiary/aromatic N) is 4. The van der Waals surface area contributed by atoms with Gasteiger partial charge in [0.15, 0.2) is 5.65 Å². The normalized spacial score (nSPS) is 17.2. The first kappa shape index (κ1) is 32.7. The number of anilines is 1. The Morgan fingerprint density at radius 1 is 1.06 bits per heavy atom. The molecule has 0 spiro atoms. The molecule has 11 nitrogen and oxygen atoms in total. The lowest BCUT2D eigenvalue weighted by atomic mass is 9.99. The van der Waals surface area contributed by atoms with Crippen molar-refractivity contribution in [1.29, 1.82) is 0 Å². The zero-order valence-corrected chi connectivity index (χ0v) is 27.8. The number of hydrogen-bond donors (Lipinski definition) is 4. The van der Waals surface area contributed by atoms with Gasteiger partial charge in [0, 0.05) is 81.4 Å². The number of carbonyl (C=O) groups excluding carboxylic acids is 1. The van der Waals surface area contributed by atoms with Gasteiger partial charge in [0.2, 0.25) is 0 Å². The van der Waals surface area contributed by atoms with Gasteiger partial charge in [-0.25, -0.2) is 14.5 Å². The molecule has 2 aromatic carbocycles. The molecule has 4 heterocycles. The van der Waals surface area contributed by atoms with Gasteiger partial charge in [-0.2, -0.15) is 5.10 Å². The third kappa shape index (κ3) is 7.69. The minimum Gasteiger partial charge on any atom is -0.496 e. The van der Waals surface area contributed by atoms with Gasteiger partial charge in [0.05, 0.1) is 24.4 Å². The van der Waals surface area contributed by atoms with E-state index in [4.69, 9.17) is 20.2 Å². The van der Waals surface area contributed by atoms with Crippen molar-refractivity contribution < 1.29 is 14.3 Å². The monoisotopic (exact) mass is 640 g/mol. The average Bonchev–Trinajstić information content (AvgIpc) is 3.71. The summed E-state index contributed by atoms with van der Waals surface area (Å²) in [6.07, 6.45) is 5.53. The summed E-state index contributed by atoms with van der Waals surface area (Å²) in [5.41, 5.74) is 14.3. The van der Waals surface area contributed by atoms with E-state index in [1.54, 1.807) is 7.11 Å². The zero-order chi connectivity index (χ0) is 32.8. The molecule has 2 aliphatic heterocycles. The summed E-state index contributed by atoms with van der Waals surface area (Å²) >= 11 is 0. The number of likely N-dealkylation sites (tertiary alicyclic amines) is 1. The number of urea groups is 1. The Morgan fingerprint density at radius 2 is 1.89 bits per heavy atom. The molecule has 6 rings (SSSR count). The summed E-state index contributed by atoms with van der Waals surface area (Å²) in [6.45, 7) is 9.95. The van der Waals surface area contributed by atoms with Crippen molar-refractivity contribution >= 4 is 22.8 Å². The van der Waals surface area contributed by atoms with Crippen LogP contribution in [0, 0.1) is 0 Å². The maximum Gasteiger partial charge on any atom is 0.315 e. The van der Waals surface area contributed by atoms with Crippen LogP contribution in [0.2, 0.25) is 0 Å². The third-order valence-corrected chi connectivity index (χ3v) is 9.27. The van der Waals surface area contributed by atoms with E-state index in [2.05, 4.69) is 70.1 Å². The van der Waals surface area contributed by atoms with E-state index in [-0.39, 0.29) is 12.1 Å².